The fraction of sp³-hybridized carbons (Fsp3) is 0.278. The summed E-state index contributed by atoms with van der Waals surface area (Å²) in [6.45, 7) is 2.04. The first-order valence-corrected chi connectivity index (χ1v) is 10.5. The molecule has 0 saturated carbocycles. The number of carbonyl (C=O) groups excluding carboxylic acids is 1. The van der Waals surface area contributed by atoms with Crippen LogP contribution in [0.5, 0.6) is 0 Å². The molecule has 5 nitrogen and oxygen atoms in total. The molecule has 1 N–H and O–H groups in total. The van der Waals surface area contributed by atoms with Crippen molar-refractivity contribution in [2.45, 2.75) is 12.8 Å². The third kappa shape index (κ3) is 5.90. The molecule has 2 aromatic carbocycles. The maximum Gasteiger partial charge on any atom is 0.240 e. The normalized spacial score (nSPS) is 12.5. The molecule has 0 aliphatic carbocycles. The summed E-state index contributed by atoms with van der Waals surface area (Å²) in [6.07, 6.45) is 1.03. The van der Waals surface area contributed by atoms with Crippen LogP contribution in [0.1, 0.15) is 18.4 Å². The predicted molar refractivity (Wildman–Crippen MR) is 107 cm³/mol. The number of benzene rings is 2. The lowest BCUT2D eigenvalue weighted by Gasteiger charge is -2.23. The van der Waals surface area contributed by atoms with Crippen molar-refractivity contribution in [3.8, 4) is 0 Å². The Kier molecular flexibility index (Phi) is 6.92. The van der Waals surface area contributed by atoms with Gasteiger partial charge in [0.15, 0.2) is 0 Å². The standard InChI is InChI=1S/C18H20Cl2N2O3S/c1-13(14-6-4-3-5-7-14)11-21-18(23)12-22(26(2,24)25)17-9-15(19)8-16(20)10-17/h3-10,13H,11-12H2,1-2H3,(H,21,23). The Hall–Kier alpha value is -1.76. The number of carbonyl (C=O) groups is 1. The molecular formula is C18H20Cl2N2O3S. The molecule has 1 amide bonds. The van der Waals surface area contributed by atoms with Crippen LogP contribution in [0.4, 0.5) is 5.69 Å². The molecule has 0 radical (unpaired) electrons. The molecule has 26 heavy (non-hydrogen) atoms. The zero-order valence-corrected chi connectivity index (χ0v) is 16.8. The number of sulfonamides is 1. The average Bonchev–Trinajstić information content (AvgIpc) is 2.56. The first-order valence-electron chi connectivity index (χ1n) is 7.92. The van der Waals surface area contributed by atoms with Crippen molar-refractivity contribution >= 4 is 44.8 Å². The zero-order valence-electron chi connectivity index (χ0n) is 14.4. The van der Waals surface area contributed by atoms with Crippen LogP contribution in [-0.4, -0.2) is 33.7 Å². The van der Waals surface area contributed by atoms with Crippen LogP contribution in [0.3, 0.4) is 0 Å². The van der Waals surface area contributed by atoms with E-state index in [0.717, 1.165) is 16.1 Å². The van der Waals surface area contributed by atoms with Crippen LogP contribution in [-0.2, 0) is 14.8 Å². The van der Waals surface area contributed by atoms with E-state index in [1.165, 1.54) is 18.2 Å². The largest absolute Gasteiger partial charge is 0.354 e. The van der Waals surface area contributed by atoms with Gasteiger partial charge in [0.25, 0.3) is 0 Å². The summed E-state index contributed by atoms with van der Waals surface area (Å²) < 4.78 is 25.2. The molecule has 2 aromatic rings. The fourth-order valence-electron chi connectivity index (χ4n) is 2.44. The van der Waals surface area contributed by atoms with E-state index in [9.17, 15) is 13.2 Å². The number of amides is 1. The smallest absolute Gasteiger partial charge is 0.240 e. The van der Waals surface area contributed by atoms with Gasteiger partial charge in [-0.3, -0.25) is 9.10 Å². The average molecular weight is 415 g/mol. The van der Waals surface area contributed by atoms with Gasteiger partial charge in [-0.15, -0.1) is 0 Å². The second-order valence-electron chi connectivity index (χ2n) is 6.01. The van der Waals surface area contributed by atoms with E-state index in [1.807, 2.05) is 37.3 Å². The predicted octanol–water partition coefficient (Wildman–Crippen LogP) is 3.68. The van der Waals surface area contributed by atoms with Gasteiger partial charge in [0.1, 0.15) is 6.54 Å². The molecule has 0 aromatic heterocycles. The van der Waals surface area contributed by atoms with Crippen LogP contribution in [0.2, 0.25) is 10.0 Å². The summed E-state index contributed by atoms with van der Waals surface area (Å²) in [6, 6.07) is 14.2. The summed E-state index contributed by atoms with van der Waals surface area (Å²) in [4.78, 5) is 12.3. The Morgan fingerprint density at radius 2 is 1.69 bits per heavy atom. The van der Waals surface area contributed by atoms with Crippen LogP contribution in [0.25, 0.3) is 0 Å². The molecule has 0 heterocycles. The van der Waals surface area contributed by atoms with Crippen LogP contribution in [0.15, 0.2) is 48.5 Å². The molecule has 0 fully saturated rings. The maximum absolute atomic E-state index is 12.3. The van der Waals surface area contributed by atoms with Gasteiger partial charge in [0.05, 0.1) is 11.9 Å². The van der Waals surface area contributed by atoms with Crippen LogP contribution in [0, 0.1) is 0 Å². The fourth-order valence-corrected chi connectivity index (χ4v) is 3.79. The highest BCUT2D eigenvalue weighted by Crippen LogP contribution is 2.26. The minimum Gasteiger partial charge on any atom is -0.354 e. The molecule has 2 rings (SSSR count). The lowest BCUT2D eigenvalue weighted by molar-refractivity contribution is -0.119. The molecule has 0 saturated heterocycles. The van der Waals surface area contributed by atoms with E-state index in [2.05, 4.69) is 5.32 Å². The van der Waals surface area contributed by atoms with Crippen molar-refractivity contribution in [3.05, 3.63) is 64.1 Å². The number of nitrogens with one attached hydrogen (secondary N) is 1. The van der Waals surface area contributed by atoms with Gasteiger partial charge in [0, 0.05) is 16.6 Å². The third-order valence-electron chi connectivity index (χ3n) is 3.80. The molecule has 0 bridgehead atoms. The third-order valence-corrected chi connectivity index (χ3v) is 5.37. The van der Waals surface area contributed by atoms with E-state index >= 15 is 0 Å². The molecule has 1 atom stereocenters. The van der Waals surface area contributed by atoms with E-state index < -0.39 is 15.9 Å². The molecule has 0 aliphatic heterocycles. The van der Waals surface area contributed by atoms with Crippen molar-refractivity contribution in [3.63, 3.8) is 0 Å². The zero-order chi connectivity index (χ0) is 19.3. The van der Waals surface area contributed by atoms with Gasteiger partial charge < -0.3 is 5.32 Å². The van der Waals surface area contributed by atoms with Gasteiger partial charge in [-0.1, -0.05) is 60.5 Å². The van der Waals surface area contributed by atoms with Crippen molar-refractivity contribution in [1.29, 1.82) is 0 Å². The van der Waals surface area contributed by atoms with E-state index in [-0.39, 0.29) is 18.2 Å². The summed E-state index contributed by atoms with van der Waals surface area (Å²) in [7, 11) is -3.68. The second-order valence-corrected chi connectivity index (χ2v) is 8.79. The summed E-state index contributed by atoms with van der Waals surface area (Å²) >= 11 is 11.9. The molecular weight excluding hydrogens is 395 g/mol. The lowest BCUT2D eigenvalue weighted by Crippen LogP contribution is -2.41. The highest BCUT2D eigenvalue weighted by molar-refractivity contribution is 7.92. The lowest BCUT2D eigenvalue weighted by atomic mass is 10.0. The number of nitrogens with zero attached hydrogens (tertiary/aromatic N) is 1. The molecule has 0 aliphatic rings. The highest BCUT2D eigenvalue weighted by Gasteiger charge is 2.22. The maximum atomic E-state index is 12.3. The first-order chi connectivity index (χ1) is 12.2. The minimum absolute atomic E-state index is 0.104. The van der Waals surface area contributed by atoms with Gasteiger partial charge in [-0.25, -0.2) is 8.42 Å². The molecule has 140 valence electrons. The van der Waals surface area contributed by atoms with E-state index in [4.69, 9.17) is 23.2 Å². The van der Waals surface area contributed by atoms with Gasteiger partial charge >= 0.3 is 0 Å². The van der Waals surface area contributed by atoms with Crippen molar-refractivity contribution < 1.29 is 13.2 Å². The highest BCUT2D eigenvalue weighted by atomic mass is 35.5. The Morgan fingerprint density at radius 1 is 1.12 bits per heavy atom. The quantitative estimate of drug-likeness (QED) is 0.750. The summed E-state index contributed by atoms with van der Waals surface area (Å²) in [5.41, 5.74) is 1.34. The first kappa shape index (κ1) is 20.6. The minimum atomic E-state index is -3.68. The van der Waals surface area contributed by atoms with Crippen LogP contribution >= 0.6 is 23.2 Å². The van der Waals surface area contributed by atoms with Gasteiger partial charge in [0.2, 0.25) is 15.9 Å². The van der Waals surface area contributed by atoms with Crippen molar-refractivity contribution in [2.24, 2.45) is 0 Å². The van der Waals surface area contributed by atoms with Crippen LogP contribution < -0.4 is 9.62 Å². The second kappa shape index (κ2) is 8.75. The summed E-state index contributed by atoms with van der Waals surface area (Å²) in [5, 5.41) is 3.35. The number of hydrogen-bond acceptors (Lipinski definition) is 3. The Bertz CT molecular complexity index is 853. The van der Waals surface area contributed by atoms with Gasteiger partial charge in [-0.05, 0) is 29.7 Å². The summed E-state index contributed by atoms with van der Waals surface area (Å²) in [5.74, 6) is -0.304. The number of rotatable bonds is 7. The Labute approximate surface area is 164 Å². The number of hydrogen-bond donors (Lipinski definition) is 1. The Morgan fingerprint density at radius 3 is 2.23 bits per heavy atom. The molecule has 0 spiro atoms. The number of anilines is 1. The number of halogens is 2. The van der Waals surface area contributed by atoms with Gasteiger partial charge in [-0.2, -0.15) is 0 Å². The van der Waals surface area contributed by atoms with Crippen molar-refractivity contribution in [2.75, 3.05) is 23.7 Å². The molecule has 8 heteroatoms. The van der Waals surface area contributed by atoms with Crippen molar-refractivity contribution in [1.82, 2.24) is 5.32 Å². The molecule has 1 unspecified atom stereocenters. The monoisotopic (exact) mass is 414 g/mol. The topological polar surface area (TPSA) is 66.5 Å². The van der Waals surface area contributed by atoms with E-state index in [0.29, 0.717) is 16.6 Å². The Balaban J connectivity index is 2.08. The SMILES string of the molecule is CC(CNC(=O)CN(c1cc(Cl)cc(Cl)c1)S(C)(=O)=O)c1ccccc1. The van der Waals surface area contributed by atoms with E-state index in [1.54, 1.807) is 0 Å².